The molecule has 0 saturated carbocycles. The molecule has 2 rings (SSSR count). The minimum absolute atomic E-state index is 0.0702. The SMILES string of the molecule is O=C(CNCC(F)(F)F)N[C@H]1CCN(c2cccc(Cl)c2)C1. The number of hydrogen-bond acceptors (Lipinski definition) is 3. The van der Waals surface area contributed by atoms with Gasteiger partial charge in [0.05, 0.1) is 13.1 Å². The second-order valence-corrected chi connectivity index (χ2v) is 5.63. The van der Waals surface area contributed by atoms with Gasteiger partial charge in [-0.1, -0.05) is 17.7 Å². The Morgan fingerprint density at radius 2 is 2.18 bits per heavy atom. The summed E-state index contributed by atoms with van der Waals surface area (Å²) in [6.45, 7) is -0.125. The number of alkyl halides is 3. The molecule has 1 aliphatic rings. The van der Waals surface area contributed by atoms with Gasteiger partial charge in [-0.05, 0) is 24.6 Å². The molecule has 22 heavy (non-hydrogen) atoms. The van der Waals surface area contributed by atoms with Crippen molar-refractivity contribution in [3.8, 4) is 0 Å². The highest BCUT2D eigenvalue weighted by Crippen LogP contribution is 2.23. The number of benzene rings is 1. The molecule has 1 aromatic carbocycles. The van der Waals surface area contributed by atoms with Crippen LogP contribution in [0.2, 0.25) is 5.02 Å². The zero-order chi connectivity index (χ0) is 16.2. The topological polar surface area (TPSA) is 44.4 Å². The van der Waals surface area contributed by atoms with E-state index in [0.717, 1.165) is 18.7 Å². The molecule has 1 fully saturated rings. The highest BCUT2D eigenvalue weighted by atomic mass is 35.5. The van der Waals surface area contributed by atoms with E-state index in [2.05, 4.69) is 15.5 Å². The molecular formula is C14H17ClF3N3O. The van der Waals surface area contributed by atoms with Crippen LogP contribution in [0, 0.1) is 0 Å². The summed E-state index contributed by atoms with van der Waals surface area (Å²) in [7, 11) is 0. The predicted molar refractivity (Wildman–Crippen MR) is 79.1 cm³/mol. The summed E-state index contributed by atoms with van der Waals surface area (Å²) in [5, 5.41) is 5.46. The van der Waals surface area contributed by atoms with E-state index >= 15 is 0 Å². The molecule has 4 nitrogen and oxygen atoms in total. The van der Waals surface area contributed by atoms with Gasteiger partial charge in [0.15, 0.2) is 0 Å². The standard InChI is InChI=1S/C14H17ClF3N3O/c15-10-2-1-3-12(6-10)21-5-4-11(8-21)20-13(22)7-19-9-14(16,17)18/h1-3,6,11,19H,4-5,7-9H2,(H,20,22)/t11-/m0/s1. The lowest BCUT2D eigenvalue weighted by Crippen LogP contribution is -2.43. The Hall–Kier alpha value is -1.47. The van der Waals surface area contributed by atoms with Gasteiger partial charge in [0.25, 0.3) is 0 Å². The van der Waals surface area contributed by atoms with Crippen molar-refractivity contribution in [1.29, 1.82) is 0 Å². The zero-order valence-corrected chi connectivity index (χ0v) is 12.5. The number of halogens is 4. The smallest absolute Gasteiger partial charge is 0.369 e. The van der Waals surface area contributed by atoms with Gasteiger partial charge >= 0.3 is 6.18 Å². The second kappa shape index (κ2) is 7.19. The summed E-state index contributed by atoms with van der Waals surface area (Å²) in [5.41, 5.74) is 0.972. The molecule has 1 heterocycles. The summed E-state index contributed by atoms with van der Waals surface area (Å²) >= 11 is 5.94. The van der Waals surface area contributed by atoms with E-state index < -0.39 is 18.6 Å². The minimum Gasteiger partial charge on any atom is -0.369 e. The van der Waals surface area contributed by atoms with Crippen LogP contribution in [-0.4, -0.2) is 44.3 Å². The van der Waals surface area contributed by atoms with Crippen LogP contribution in [0.25, 0.3) is 0 Å². The Kier molecular flexibility index (Phi) is 5.52. The van der Waals surface area contributed by atoms with Gasteiger partial charge in [0.1, 0.15) is 0 Å². The van der Waals surface area contributed by atoms with E-state index in [4.69, 9.17) is 11.6 Å². The lowest BCUT2D eigenvalue weighted by Gasteiger charge is -2.19. The molecule has 1 saturated heterocycles. The first-order valence-corrected chi connectivity index (χ1v) is 7.28. The van der Waals surface area contributed by atoms with Gasteiger partial charge in [0.2, 0.25) is 5.91 Å². The first-order chi connectivity index (χ1) is 10.3. The molecule has 0 unspecified atom stereocenters. The van der Waals surface area contributed by atoms with Gasteiger partial charge < -0.3 is 15.5 Å². The number of nitrogens with one attached hydrogen (secondary N) is 2. The third-order valence-electron chi connectivity index (χ3n) is 3.34. The average Bonchev–Trinajstić information content (AvgIpc) is 2.85. The summed E-state index contributed by atoms with van der Waals surface area (Å²) in [6, 6.07) is 7.34. The summed E-state index contributed by atoms with van der Waals surface area (Å²) in [6.07, 6.45) is -3.56. The summed E-state index contributed by atoms with van der Waals surface area (Å²) in [4.78, 5) is 13.7. The normalized spacial score (nSPS) is 18.5. The number of rotatable bonds is 5. The molecule has 0 spiro atoms. The minimum atomic E-state index is -4.31. The van der Waals surface area contributed by atoms with Crippen LogP contribution in [0.15, 0.2) is 24.3 Å². The fourth-order valence-corrected chi connectivity index (χ4v) is 2.57. The Labute approximate surface area is 131 Å². The highest BCUT2D eigenvalue weighted by molar-refractivity contribution is 6.30. The number of nitrogens with zero attached hydrogens (tertiary/aromatic N) is 1. The van der Waals surface area contributed by atoms with Crippen molar-refractivity contribution in [1.82, 2.24) is 10.6 Å². The van der Waals surface area contributed by atoms with Gasteiger partial charge in [-0.25, -0.2) is 0 Å². The number of carbonyl (C=O) groups excluding carboxylic acids is 1. The van der Waals surface area contributed by atoms with Crippen LogP contribution >= 0.6 is 11.6 Å². The molecule has 8 heteroatoms. The Morgan fingerprint density at radius 3 is 2.86 bits per heavy atom. The van der Waals surface area contributed by atoms with Crippen LogP contribution in [0.3, 0.4) is 0 Å². The van der Waals surface area contributed by atoms with Gasteiger partial charge in [-0.3, -0.25) is 4.79 Å². The van der Waals surface area contributed by atoms with Gasteiger partial charge in [-0.15, -0.1) is 0 Å². The maximum Gasteiger partial charge on any atom is 0.401 e. The number of carbonyl (C=O) groups is 1. The maximum absolute atomic E-state index is 12.0. The van der Waals surface area contributed by atoms with E-state index in [9.17, 15) is 18.0 Å². The van der Waals surface area contributed by atoms with Crippen LogP contribution < -0.4 is 15.5 Å². The first kappa shape index (κ1) is 16.9. The van der Waals surface area contributed by atoms with Crippen molar-refractivity contribution in [2.75, 3.05) is 31.1 Å². The Balaban J connectivity index is 1.75. The van der Waals surface area contributed by atoms with E-state index in [1.165, 1.54) is 0 Å². The number of amides is 1. The van der Waals surface area contributed by atoms with Crippen LogP contribution in [0.5, 0.6) is 0 Å². The van der Waals surface area contributed by atoms with Crippen molar-refractivity contribution >= 4 is 23.2 Å². The van der Waals surface area contributed by atoms with Crippen molar-refractivity contribution < 1.29 is 18.0 Å². The number of hydrogen-bond donors (Lipinski definition) is 2. The Bertz CT molecular complexity index is 524. The Morgan fingerprint density at radius 1 is 1.41 bits per heavy atom. The lowest BCUT2D eigenvalue weighted by atomic mass is 10.2. The largest absolute Gasteiger partial charge is 0.401 e. The van der Waals surface area contributed by atoms with Gasteiger partial charge in [0, 0.05) is 29.8 Å². The molecule has 0 bridgehead atoms. The van der Waals surface area contributed by atoms with Crippen molar-refractivity contribution in [3.05, 3.63) is 29.3 Å². The van der Waals surface area contributed by atoms with E-state index in [-0.39, 0.29) is 12.6 Å². The third kappa shape index (κ3) is 5.38. The van der Waals surface area contributed by atoms with E-state index in [0.29, 0.717) is 11.6 Å². The highest BCUT2D eigenvalue weighted by Gasteiger charge is 2.27. The fraction of sp³-hybridized carbons (Fsp3) is 0.500. The summed E-state index contributed by atoms with van der Waals surface area (Å²) in [5.74, 6) is -0.429. The molecule has 0 radical (unpaired) electrons. The third-order valence-corrected chi connectivity index (χ3v) is 3.57. The predicted octanol–water partition coefficient (Wildman–Crippen LogP) is 2.19. The van der Waals surface area contributed by atoms with E-state index in [1.807, 2.05) is 18.2 Å². The lowest BCUT2D eigenvalue weighted by molar-refractivity contribution is -0.128. The molecule has 2 N–H and O–H groups in total. The monoisotopic (exact) mass is 335 g/mol. The van der Waals surface area contributed by atoms with Crippen molar-refractivity contribution in [2.45, 2.75) is 18.6 Å². The first-order valence-electron chi connectivity index (χ1n) is 6.91. The molecule has 0 aromatic heterocycles. The fourth-order valence-electron chi connectivity index (χ4n) is 2.38. The quantitative estimate of drug-likeness (QED) is 0.867. The molecule has 0 aliphatic carbocycles. The average molecular weight is 336 g/mol. The molecular weight excluding hydrogens is 319 g/mol. The second-order valence-electron chi connectivity index (χ2n) is 5.20. The van der Waals surface area contributed by atoms with Gasteiger partial charge in [-0.2, -0.15) is 13.2 Å². The zero-order valence-electron chi connectivity index (χ0n) is 11.8. The molecule has 1 amide bonds. The molecule has 1 aromatic rings. The van der Waals surface area contributed by atoms with Crippen LogP contribution in [0.4, 0.5) is 18.9 Å². The maximum atomic E-state index is 12.0. The van der Waals surface area contributed by atoms with E-state index in [1.54, 1.807) is 6.07 Å². The molecule has 1 aliphatic heterocycles. The van der Waals surface area contributed by atoms with Crippen LogP contribution in [-0.2, 0) is 4.79 Å². The molecule has 122 valence electrons. The summed E-state index contributed by atoms with van der Waals surface area (Å²) < 4.78 is 35.9. The van der Waals surface area contributed by atoms with Crippen LogP contribution in [0.1, 0.15) is 6.42 Å². The van der Waals surface area contributed by atoms with Crippen molar-refractivity contribution in [3.63, 3.8) is 0 Å². The molecule has 1 atom stereocenters. The van der Waals surface area contributed by atoms with Crippen molar-refractivity contribution in [2.24, 2.45) is 0 Å². The number of anilines is 1.